The summed E-state index contributed by atoms with van der Waals surface area (Å²) in [5, 5.41) is 2.62. The maximum atomic E-state index is 12.0. The Morgan fingerprint density at radius 1 is 1.35 bits per heavy atom. The van der Waals surface area contributed by atoms with Crippen LogP contribution in [0.25, 0.3) is 0 Å². The monoisotopic (exact) mass is 275 g/mol. The zero-order chi connectivity index (χ0) is 14.4. The number of amides is 2. The van der Waals surface area contributed by atoms with E-state index in [0.717, 1.165) is 0 Å². The van der Waals surface area contributed by atoms with Crippen molar-refractivity contribution in [3.8, 4) is 12.3 Å². The molecule has 0 spiro atoms. The second-order valence-corrected chi connectivity index (χ2v) is 4.53. The number of rotatable bonds is 4. The minimum Gasteiger partial charge on any atom is -0.459 e. The molecule has 0 unspecified atom stereocenters. The van der Waals surface area contributed by atoms with Crippen molar-refractivity contribution < 1.29 is 14.0 Å². The van der Waals surface area contributed by atoms with E-state index in [1.165, 1.54) is 6.26 Å². The van der Waals surface area contributed by atoms with E-state index in [1.807, 2.05) is 4.90 Å². The number of terminal acetylenes is 1. The zero-order valence-electron chi connectivity index (χ0n) is 11.2. The average molecular weight is 275 g/mol. The van der Waals surface area contributed by atoms with Crippen molar-refractivity contribution >= 4 is 11.8 Å². The molecule has 1 N–H and O–H groups in total. The third-order valence-electron chi connectivity index (χ3n) is 3.15. The van der Waals surface area contributed by atoms with E-state index in [0.29, 0.717) is 38.5 Å². The number of carbonyl (C=O) groups excluding carboxylic acids is 2. The van der Waals surface area contributed by atoms with Gasteiger partial charge in [0.2, 0.25) is 5.91 Å². The van der Waals surface area contributed by atoms with Crippen LogP contribution in [0.15, 0.2) is 22.8 Å². The van der Waals surface area contributed by atoms with Gasteiger partial charge in [-0.2, -0.15) is 0 Å². The molecule has 1 saturated heterocycles. The lowest BCUT2D eigenvalue weighted by Gasteiger charge is -2.33. The molecule has 0 saturated carbocycles. The molecule has 0 radical (unpaired) electrons. The lowest BCUT2D eigenvalue weighted by atomic mass is 10.3. The van der Waals surface area contributed by atoms with Crippen molar-refractivity contribution in [2.24, 2.45) is 0 Å². The first-order valence-electron chi connectivity index (χ1n) is 6.46. The molecule has 6 heteroatoms. The summed E-state index contributed by atoms with van der Waals surface area (Å²) in [5.41, 5.74) is 0. The predicted octanol–water partition coefficient (Wildman–Crippen LogP) is -0.213. The van der Waals surface area contributed by atoms with Crippen LogP contribution in [0.1, 0.15) is 10.6 Å². The second-order valence-electron chi connectivity index (χ2n) is 4.53. The molecule has 2 rings (SSSR count). The average Bonchev–Trinajstić information content (AvgIpc) is 2.99. The van der Waals surface area contributed by atoms with Crippen molar-refractivity contribution in [1.82, 2.24) is 15.1 Å². The summed E-state index contributed by atoms with van der Waals surface area (Å²) < 4.78 is 5.10. The molecular weight excluding hydrogens is 258 g/mol. The second kappa shape index (κ2) is 6.78. The number of furan rings is 1. The van der Waals surface area contributed by atoms with Gasteiger partial charge in [-0.25, -0.2) is 0 Å². The van der Waals surface area contributed by atoms with Gasteiger partial charge >= 0.3 is 0 Å². The molecule has 1 aliphatic heterocycles. The lowest BCUT2D eigenvalue weighted by Crippen LogP contribution is -2.51. The largest absolute Gasteiger partial charge is 0.459 e. The van der Waals surface area contributed by atoms with Gasteiger partial charge in [-0.1, -0.05) is 5.92 Å². The van der Waals surface area contributed by atoms with E-state index >= 15 is 0 Å². The van der Waals surface area contributed by atoms with Crippen molar-refractivity contribution in [3.05, 3.63) is 24.2 Å². The van der Waals surface area contributed by atoms with Gasteiger partial charge in [-0.3, -0.25) is 14.5 Å². The first-order chi connectivity index (χ1) is 9.70. The number of nitrogens with one attached hydrogen (secondary N) is 1. The van der Waals surface area contributed by atoms with E-state index in [-0.39, 0.29) is 18.4 Å². The van der Waals surface area contributed by atoms with Crippen molar-refractivity contribution in [2.45, 2.75) is 0 Å². The Balaban J connectivity index is 1.77. The quantitative estimate of drug-likeness (QED) is 0.772. The summed E-state index contributed by atoms with van der Waals surface area (Å²) in [4.78, 5) is 27.3. The highest BCUT2D eigenvalue weighted by Crippen LogP contribution is 2.09. The summed E-state index contributed by atoms with van der Waals surface area (Å²) in [6.07, 6.45) is 6.56. The van der Waals surface area contributed by atoms with E-state index in [2.05, 4.69) is 11.2 Å². The molecule has 1 aromatic rings. The number of carbonyl (C=O) groups is 2. The van der Waals surface area contributed by atoms with Gasteiger partial charge in [0, 0.05) is 26.2 Å². The van der Waals surface area contributed by atoms with Gasteiger partial charge < -0.3 is 14.6 Å². The fraction of sp³-hybridized carbons (Fsp3) is 0.429. The first-order valence-corrected chi connectivity index (χ1v) is 6.46. The van der Waals surface area contributed by atoms with E-state index in [9.17, 15) is 9.59 Å². The molecule has 1 fully saturated rings. The SMILES string of the molecule is C#CCNC(=O)CN1CCN(C(=O)c2ccco2)CC1. The molecule has 20 heavy (non-hydrogen) atoms. The smallest absolute Gasteiger partial charge is 0.289 e. The van der Waals surface area contributed by atoms with Gasteiger partial charge in [0.1, 0.15) is 0 Å². The molecule has 6 nitrogen and oxygen atoms in total. The van der Waals surface area contributed by atoms with Gasteiger partial charge in [0.25, 0.3) is 5.91 Å². The maximum Gasteiger partial charge on any atom is 0.289 e. The van der Waals surface area contributed by atoms with Crippen LogP contribution in [0.5, 0.6) is 0 Å². The van der Waals surface area contributed by atoms with Gasteiger partial charge in [0.15, 0.2) is 5.76 Å². The summed E-state index contributed by atoms with van der Waals surface area (Å²) in [6.45, 7) is 3.05. The van der Waals surface area contributed by atoms with Crippen LogP contribution in [-0.4, -0.2) is 60.9 Å². The number of piperazine rings is 1. The molecule has 0 aliphatic carbocycles. The molecule has 2 heterocycles. The Hall–Kier alpha value is -2.26. The van der Waals surface area contributed by atoms with Gasteiger partial charge in [-0.15, -0.1) is 6.42 Å². The van der Waals surface area contributed by atoms with Crippen LogP contribution in [0, 0.1) is 12.3 Å². The Labute approximate surface area is 117 Å². The Morgan fingerprint density at radius 2 is 2.10 bits per heavy atom. The minimum atomic E-state index is -0.105. The molecule has 0 aromatic carbocycles. The van der Waals surface area contributed by atoms with Crippen LogP contribution < -0.4 is 5.32 Å². The Morgan fingerprint density at radius 3 is 2.70 bits per heavy atom. The molecule has 2 amide bonds. The van der Waals surface area contributed by atoms with Crippen molar-refractivity contribution in [2.75, 3.05) is 39.3 Å². The van der Waals surface area contributed by atoms with Crippen LogP contribution in [0.3, 0.4) is 0 Å². The molecule has 1 aliphatic rings. The summed E-state index contributed by atoms with van der Waals surface area (Å²) in [7, 11) is 0. The normalized spacial score (nSPS) is 15.7. The zero-order valence-corrected chi connectivity index (χ0v) is 11.2. The lowest BCUT2D eigenvalue weighted by molar-refractivity contribution is -0.122. The molecule has 0 bridgehead atoms. The van der Waals surface area contributed by atoms with Gasteiger partial charge in [-0.05, 0) is 12.1 Å². The third-order valence-corrected chi connectivity index (χ3v) is 3.15. The van der Waals surface area contributed by atoms with E-state index in [1.54, 1.807) is 17.0 Å². The molecule has 1 aromatic heterocycles. The topological polar surface area (TPSA) is 65.8 Å². The highest BCUT2D eigenvalue weighted by molar-refractivity contribution is 5.91. The first kappa shape index (κ1) is 14.2. The number of hydrogen-bond donors (Lipinski definition) is 1. The summed E-state index contributed by atoms with van der Waals surface area (Å²) in [5.74, 6) is 2.52. The Kier molecular flexibility index (Phi) is 4.80. The number of nitrogens with zero attached hydrogens (tertiary/aromatic N) is 2. The highest BCUT2D eigenvalue weighted by Gasteiger charge is 2.24. The third kappa shape index (κ3) is 3.62. The highest BCUT2D eigenvalue weighted by atomic mass is 16.3. The number of hydrogen-bond acceptors (Lipinski definition) is 4. The fourth-order valence-corrected chi connectivity index (χ4v) is 2.07. The Bertz CT molecular complexity index is 496. The van der Waals surface area contributed by atoms with Crippen molar-refractivity contribution in [1.29, 1.82) is 0 Å². The summed E-state index contributed by atoms with van der Waals surface area (Å²) >= 11 is 0. The van der Waals surface area contributed by atoms with Gasteiger partial charge in [0.05, 0.1) is 19.4 Å². The maximum absolute atomic E-state index is 12.0. The molecule has 106 valence electrons. The predicted molar refractivity (Wildman–Crippen MR) is 72.9 cm³/mol. The standard InChI is InChI=1S/C14H17N3O3/c1-2-5-15-13(18)11-16-6-8-17(9-7-16)14(19)12-4-3-10-20-12/h1,3-4,10H,5-9,11H2,(H,15,18). The van der Waals surface area contributed by atoms with Crippen LogP contribution in [0.4, 0.5) is 0 Å². The minimum absolute atomic E-state index is 0.0891. The van der Waals surface area contributed by atoms with Crippen LogP contribution in [0.2, 0.25) is 0 Å². The van der Waals surface area contributed by atoms with E-state index < -0.39 is 0 Å². The van der Waals surface area contributed by atoms with Crippen LogP contribution in [-0.2, 0) is 4.79 Å². The van der Waals surface area contributed by atoms with Crippen molar-refractivity contribution in [3.63, 3.8) is 0 Å². The molecule has 0 atom stereocenters. The molecular formula is C14H17N3O3. The van der Waals surface area contributed by atoms with E-state index in [4.69, 9.17) is 10.8 Å². The van der Waals surface area contributed by atoms with Crippen LogP contribution >= 0.6 is 0 Å². The fourth-order valence-electron chi connectivity index (χ4n) is 2.07. The summed E-state index contributed by atoms with van der Waals surface area (Å²) in [6, 6.07) is 3.35.